The molecule has 236 valence electrons. The highest BCUT2D eigenvalue weighted by molar-refractivity contribution is 5.93. The van der Waals surface area contributed by atoms with Crippen molar-refractivity contribution in [1.82, 2.24) is 10.6 Å². The lowest BCUT2D eigenvalue weighted by atomic mass is 9.93. The fourth-order valence-electron chi connectivity index (χ4n) is 5.23. The van der Waals surface area contributed by atoms with E-state index in [9.17, 15) is 19.2 Å². The Morgan fingerprint density at radius 2 is 1.68 bits per heavy atom. The van der Waals surface area contributed by atoms with Crippen LogP contribution < -0.4 is 15.4 Å². The molecule has 2 aromatic rings. The highest BCUT2D eigenvalue weighted by Crippen LogP contribution is 2.45. The molecule has 10 nitrogen and oxygen atoms in total. The van der Waals surface area contributed by atoms with E-state index in [1.807, 2.05) is 63.2 Å². The molecule has 2 N–H and O–H groups in total. The van der Waals surface area contributed by atoms with Crippen LogP contribution in [0.2, 0.25) is 0 Å². The number of epoxide rings is 1. The zero-order valence-corrected chi connectivity index (χ0v) is 25.7. The van der Waals surface area contributed by atoms with Gasteiger partial charge in [0.15, 0.2) is 6.10 Å². The minimum atomic E-state index is -1.10. The molecule has 2 heterocycles. The quantitative estimate of drug-likeness (QED) is 0.342. The van der Waals surface area contributed by atoms with E-state index in [4.69, 9.17) is 18.9 Å². The SMILES string of the molecule is COc1ccc(CC2NC(=O)/C=C/CC([C@H](C)[C@H]3O[C@@H]3c3ccccc3)OC(=O)[C@H](CC(C)C)OC(=O)CCNC2=O)cc1. The van der Waals surface area contributed by atoms with Crippen LogP contribution in [0.4, 0.5) is 0 Å². The molecule has 10 heteroatoms. The molecule has 2 aliphatic rings. The van der Waals surface area contributed by atoms with Gasteiger partial charge in [0.25, 0.3) is 0 Å². The fraction of sp³-hybridized carbons (Fsp3) is 0.471. The van der Waals surface area contributed by atoms with Crippen molar-refractivity contribution in [1.29, 1.82) is 0 Å². The van der Waals surface area contributed by atoms with E-state index in [0.29, 0.717) is 5.75 Å². The summed E-state index contributed by atoms with van der Waals surface area (Å²) >= 11 is 0. The van der Waals surface area contributed by atoms with Gasteiger partial charge in [-0.15, -0.1) is 0 Å². The van der Waals surface area contributed by atoms with E-state index < -0.39 is 42.0 Å². The van der Waals surface area contributed by atoms with Gasteiger partial charge in [0.2, 0.25) is 11.8 Å². The van der Waals surface area contributed by atoms with E-state index in [2.05, 4.69) is 10.6 Å². The normalized spacial score (nSPS) is 26.5. The van der Waals surface area contributed by atoms with Gasteiger partial charge in [-0.05, 0) is 41.7 Å². The van der Waals surface area contributed by atoms with Crippen LogP contribution in [0.25, 0.3) is 0 Å². The standard InChI is InChI=1S/C34H42N2O8/c1-21(2)19-28-34(40)43-27(22(3)31-32(44-31)24-9-6-5-7-10-24)11-8-12-29(37)36-26(33(39)35-18-17-30(38)42-28)20-23-13-15-25(41-4)16-14-23/h5-10,12-16,21-22,26-28,31-32H,11,17-20H2,1-4H3,(H,35,39)(H,36,37)/b12-8+/t22-,26?,27?,28-,31+,32+/m0/s1. The maximum absolute atomic E-state index is 13.3. The molecule has 6 atom stereocenters. The Kier molecular flexibility index (Phi) is 11.5. The van der Waals surface area contributed by atoms with Gasteiger partial charge in [0.05, 0.1) is 19.6 Å². The summed E-state index contributed by atoms with van der Waals surface area (Å²) in [6, 6.07) is 16.1. The average molecular weight is 607 g/mol. The average Bonchev–Trinajstić information content (AvgIpc) is 3.81. The number of nitrogens with one attached hydrogen (secondary N) is 2. The zero-order valence-electron chi connectivity index (χ0n) is 25.7. The lowest BCUT2D eigenvalue weighted by Crippen LogP contribution is -2.48. The van der Waals surface area contributed by atoms with Crippen LogP contribution >= 0.6 is 0 Å². The number of carbonyl (C=O) groups is 4. The van der Waals surface area contributed by atoms with Crippen molar-refractivity contribution in [2.75, 3.05) is 13.7 Å². The van der Waals surface area contributed by atoms with E-state index in [-0.39, 0.29) is 56.3 Å². The Morgan fingerprint density at radius 3 is 2.36 bits per heavy atom. The molecule has 1 saturated heterocycles. The molecule has 0 aliphatic carbocycles. The van der Waals surface area contributed by atoms with Crippen molar-refractivity contribution >= 4 is 23.8 Å². The minimum Gasteiger partial charge on any atom is -0.497 e. The molecule has 2 unspecified atom stereocenters. The van der Waals surface area contributed by atoms with E-state index >= 15 is 0 Å². The number of amides is 2. The third-order valence-electron chi connectivity index (χ3n) is 7.75. The molecular weight excluding hydrogens is 564 g/mol. The number of carbonyl (C=O) groups excluding carboxylic acids is 4. The Hall–Kier alpha value is -4.18. The van der Waals surface area contributed by atoms with Crippen molar-refractivity contribution in [2.24, 2.45) is 11.8 Å². The zero-order chi connectivity index (χ0) is 31.6. The molecule has 0 saturated carbocycles. The Bertz CT molecular complexity index is 1310. The molecule has 2 aromatic carbocycles. The maximum Gasteiger partial charge on any atom is 0.347 e. The summed E-state index contributed by atoms with van der Waals surface area (Å²) in [6.45, 7) is 5.77. The lowest BCUT2D eigenvalue weighted by Gasteiger charge is -2.26. The second kappa shape index (κ2) is 15.5. The Labute approximate surface area is 258 Å². The topological polar surface area (TPSA) is 133 Å². The second-order valence-corrected chi connectivity index (χ2v) is 11.7. The van der Waals surface area contributed by atoms with Crippen LogP contribution in [-0.4, -0.2) is 61.8 Å². The highest BCUT2D eigenvalue weighted by Gasteiger charge is 2.47. The molecule has 2 aliphatic heterocycles. The number of hydrogen-bond acceptors (Lipinski definition) is 8. The predicted octanol–water partition coefficient (Wildman–Crippen LogP) is 3.83. The highest BCUT2D eigenvalue weighted by atomic mass is 16.6. The Balaban J connectivity index is 1.54. The van der Waals surface area contributed by atoms with Crippen molar-refractivity contribution in [3.63, 3.8) is 0 Å². The number of methoxy groups -OCH3 is 1. The van der Waals surface area contributed by atoms with E-state index in [1.165, 1.54) is 6.08 Å². The first kappa shape index (κ1) is 32.7. The van der Waals surface area contributed by atoms with Crippen molar-refractivity contribution in [2.45, 2.75) is 76.9 Å². The van der Waals surface area contributed by atoms with E-state index in [0.717, 1.165) is 11.1 Å². The third-order valence-corrected chi connectivity index (χ3v) is 7.75. The lowest BCUT2D eigenvalue weighted by molar-refractivity contribution is -0.174. The maximum atomic E-state index is 13.3. The van der Waals surface area contributed by atoms with Crippen molar-refractivity contribution < 1.29 is 38.1 Å². The number of rotatable bonds is 8. The van der Waals surface area contributed by atoms with Crippen LogP contribution in [-0.2, 0) is 39.8 Å². The summed E-state index contributed by atoms with van der Waals surface area (Å²) in [5.74, 6) is -1.67. The number of cyclic esters (lactones) is 2. The summed E-state index contributed by atoms with van der Waals surface area (Å²) in [5, 5.41) is 5.47. The largest absolute Gasteiger partial charge is 0.497 e. The number of ether oxygens (including phenoxy) is 4. The van der Waals surface area contributed by atoms with Gasteiger partial charge in [-0.2, -0.15) is 0 Å². The van der Waals surface area contributed by atoms with E-state index in [1.54, 1.807) is 25.3 Å². The Morgan fingerprint density at radius 1 is 0.955 bits per heavy atom. The molecule has 4 rings (SSSR count). The molecule has 0 bridgehead atoms. The monoisotopic (exact) mass is 606 g/mol. The third kappa shape index (κ3) is 9.41. The predicted molar refractivity (Wildman–Crippen MR) is 162 cm³/mol. The summed E-state index contributed by atoms with van der Waals surface area (Å²) in [6.07, 6.45) is 1.50. The van der Waals surface area contributed by atoms with Gasteiger partial charge in [-0.3, -0.25) is 14.4 Å². The van der Waals surface area contributed by atoms with Crippen LogP contribution in [0.5, 0.6) is 5.75 Å². The summed E-state index contributed by atoms with van der Waals surface area (Å²) in [5.41, 5.74) is 1.85. The summed E-state index contributed by atoms with van der Waals surface area (Å²) in [4.78, 5) is 52.2. The first-order valence-electron chi connectivity index (χ1n) is 15.1. The van der Waals surface area contributed by atoms with Crippen LogP contribution in [0.15, 0.2) is 66.7 Å². The van der Waals surface area contributed by atoms with Crippen molar-refractivity contribution in [3.05, 3.63) is 77.9 Å². The summed E-state index contributed by atoms with van der Waals surface area (Å²) < 4.78 is 22.7. The molecule has 0 spiro atoms. The minimum absolute atomic E-state index is 0.0223. The number of benzene rings is 2. The fourth-order valence-corrected chi connectivity index (χ4v) is 5.23. The van der Waals surface area contributed by atoms with Crippen molar-refractivity contribution in [3.8, 4) is 5.75 Å². The summed E-state index contributed by atoms with van der Waals surface area (Å²) in [7, 11) is 1.57. The molecular formula is C34H42N2O8. The van der Waals surface area contributed by atoms with Gasteiger partial charge >= 0.3 is 11.9 Å². The molecule has 0 radical (unpaired) electrons. The first-order valence-corrected chi connectivity index (χ1v) is 15.1. The van der Waals surface area contributed by atoms with Crippen LogP contribution in [0.3, 0.4) is 0 Å². The smallest absolute Gasteiger partial charge is 0.347 e. The van der Waals surface area contributed by atoms with Gasteiger partial charge in [0.1, 0.15) is 24.0 Å². The number of hydrogen-bond donors (Lipinski definition) is 2. The second-order valence-electron chi connectivity index (χ2n) is 11.7. The van der Waals surface area contributed by atoms with Gasteiger partial charge in [-0.25, -0.2) is 4.79 Å². The van der Waals surface area contributed by atoms with Crippen LogP contribution in [0.1, 0.15) is 57.3 Å². The van der Waals surface area contributed by atoms with Gasteiger partial charge < -0.3 is 29.6 Å². The number of esters is 2. The molecule has 2 amide bonds. The van der Waals surface area contributed by atoms with Gasteiger partial charge in [-0.1, -0.05) is 69.3 Å². The molecule has 0 aromatic heterocycles. The van der Waals surface area contributed by atoms with Gasteiger partial charge in [0, 0.05) is 25.3 Å². The first-order chi connectivity index (χ1) is 21.1. The molecule has 44 heavy (non-hydrogen) atoms. The molecule has 1 fully saturated rings. The van der Waals surface area contributed by atoms with Crippen LogP contribution in [0, 0.1) is 11.8 Å².